The predicted octanol–water partition coefficient (Wildman–Crippen LogP) is 4.18. The second kappa shape index (κ2) is 11.2. The van der Waals surface area contributed by atoms with Gasteiger partial charge in [0.1, 0.15) is 0 Å². The molecule has 1 atom stereocenters. The molecule has 0 fully saturated rings. The molecule has 2 aromatic carbocycles. The van der Waals surface area contributed by atoms with E-state index >= 15 is 0 Å². The molecule has 0 unspecified atom stereocenters. The van der Waals surface area contributed by atoms with Gasteiger partial charge in [0.15, 0.2) is 0 Å². The lowest BCUT2D eigenvalue weighted by molar-refractivity contribution is -0.122. The third-order valence-electron chi connectivity index (χ3n) is 4.91. The van der Waals surface area contributed by atoms with E-state index in [-0.39, 0.29) is 5.91 Å². The summed E-state index contributed by atoms with van der Waals surface area (Å²) in [7, 11) is 0. The molecule has 0 saturated heterocycles. The zero-order valence-electron chi connectivity index (χ0n) is 17.9. The number of benzene rings is 2. The Balaban J connectivity index is 1.80. The molecule has 2 rings (SSSR count). The van der Waals surface area contributed by atoms with E-state index in [1.807, 2.05) is 18.2 Å². The Morgan fingerprint density at radius 1 is 1.00 bits per heavy atom. The Morgan fingerprint density at radius 3 is 2.32 bits per heavy atom. The summed E-state index contributed by atoms with van der Waals surface area (Å²) in [6.07, 6.45) is 1.66. The largest absolute Gasteiger partial charge is 0.351 e. The highest BCUT2D eigenvalue weighted by molar-refractivity contribution is 5.86. The molecule has 28 heavy (non-hydrogen) atoms. The molecule has 0 bridgehead atoms. The van der Waals surface area contributed by atoms with Crippen LogP contribution in [0.3, 0.4) is 0 Å². The van der Waals surface area contributed by atoms with Crippen molar-refractivity contribution in [3.8, 4) is 0 Å². The summed E-state index contributed by atoms with van der Waals surface area (Å²) in [5.41, 5.74) is 7.28. The zero-order chi connectivity index (χ0) is 20.5. The number of nitrogens with one attached hydrogen (secondary N) is 1. The molecule has 4 heteroatoms. The molecule has 0 aromatic heterocycles. The Kier molecular flexibility index (Phi) is 8.94. The van der Waals surface area contributed by atoms with Crippen molar-refractivity contribution in [3.05, 3.63) is 48.0 Å². The number of hydrogen-bond donors (Lipinski definition) is 2. The van der Waals surface area contributed by atoms with Gasteiger partial charge in [0, 0.05) is 19.6 Å². The van der Waals surface area contributed by atoms with Crippen LogP contribution in [0.25, 0.3) is 10.8 Å². The van der Waals surface area contributed by atoms with Crippen LogP contribution in [0.4, 0.5) is 0 Å². The zero-order valence-corrected chi connectivity index (χ0v) is 17.9. The van der Waals surface area contributed by atoms with E-state index in [4.69, 9.17) is 5.73 Å². The maximum atomic E-state index is 12.4. The molecule has 0 radical (unpaired) electrons. The molecule has 0 aliphatic heterocycles. The Bertz CT molecular complexity index is 726. The van der Waals surface area contributed by atoms with Crippen molar-refractivity contribution < 1.29 is 4.79 Å². The number of amides is 1. The van der Waals surface area contributed by atoms with Crippen molar-refractivity contribution in [2.24, 2.45) is 17.6 Å². The van der Waals surface area contributed by atoms with Crippen LogP contribution in [-0.4, -0.2) is 36.5 Å². The van der Waals surface area contributed by atoms with E-state index in [1.54, 1.807) is 0 Å². The molecule has 0 heterocycles. The van der Waals surface area contributed by atoms with Crippen molar-refractivity contribution in [1.82, 2.24) is 10.2 Å². The number of fused-ring (bicyclic) bond motifs is 1. The van der Waals surface area contributed by atoms with Gasteiger partial charge in [-0.15, -0.1) is 0 Å². The first-order valence-electron chi connectivity index (χ1n) is 10.6. The predicted molar refractivity (Wildman–Crippen MR) is 119 cm³/mol. The Hall–Kier alpha value is -1.91. The van der Waals surface area contributed by atoms with Crippen LogP contribution in [0.2, 0.25) is 0 Å². The van der Waals surface area contributed by atoms with E-state index in [2.05, 4.69) is 62.2 Å². The van der Waals surface area contributed by atoms with Gasteiger partial charge in [-0.3, -0.25) is 4.79 Å². The minimum absolute atomic E-state index is 0.0628. The highest BCUT2D eigenvalue weighted by Gasteiger charge is 2.15. The van der Waals surface area contributed by atoms with Crippen LogP contribution < -0.4 is 11.1 Å². The number of carbonyl (C=O) groups is 1. The van der Waals surface area contributed by atoms with Crippen LogP contribution in [0.1, 0.15) is 46.1 Å². The lowest BCUT2D eigenvalue weighted by atomic mass is 10.0. The first-order chi connectivity index (χ1) is 13.4. The molecule has 0 aliphatic carbocycles. The Morgan fingerprint density at radius 2 is 1.64 bits per heavy atom. The van der Waals surface area contributed by atoms with Crippen molar-refractivity contribution in [3.63, 3.8) is 0 Å². The fourth-order valence-corrected chi connectivity index (χ4v) is 3.72. The van der Waals surface area contributed by atoms with Crippen LogP contribution in [-0.2, 0) is 11.3 Å². The first-order valence-corrected chi connectivity index (χ1v) is 10.6. The summed E-state index contributed by atoms with van der Waals surface area (Å²) in [6, 6.07) is 14.0. The number of nitrogens with zero attached hydrogens (tertiary/aromatic N) is 1. The summed E-state index contributed by atoms with van der Waals surface area (Å²) in [5, 5.41) is 5.38. The highest BCUT2D eigenvalue weighted by Crippen LogP contribution is 2.18. The average molecular weight is 384 g/mol. The molecule has 0 saturated carbocycles. The molecular formula is C24H37N3O. The van der Waals surface area contributed by atoms with Crippen LogP contribution in [0.15, 0.2) is 42.5 Å². The fourth-order valence-electron chi connectivity index (χ4n) is 3.72. The van der Waals surface area contributed by atoms with Gasteiger partial charge in [0.25, 0.3) is 0 Å². The van der Waals surface area contributed by atoms with Gasteiger partial charge in [-0.1, -0.05) is 70.2 Å². The van der Waals surface area contributed by atoms with E-state index in [0.717, 1.165) is 31.6 Å². The standard InChI is InChI=1S/C24H37N3O/c1-18(2)16-27(17-19(3)4)14-8-13-23(25)24(28)26-15-21-11-7-10-20-9-5-6-12-22(20)21/h5-7,9-12,18-19,23H,8,13-17,25H2,1-4H3,(H,26,28)/t23-/m0/s1. The summed E-state index contributed by atoms with van der Waals surface area (Å²) in [5.74, 6) is 1.24. The van der Waals surface area contributed by atoms with Gasteiger partial charge in [-0.05, 0) is 47.6 Å². The lowest BCUT2D eigenvalue weighted by Gasteiger charge is -2.26. The van der Waals surface area contributed by atoms with Crippen LogP contribution >= 0.6 is 0 Å². The summed E-state index contributed by atoms with van der Waals surface area (Å²) < 4.78 is 0. The number of hydrogen-bond acceptors (Lipinski definition) is 3. The fraction of sp³-hybridized carbons (Fsp3) is 0.542. The minimum Gasteiger partial charge on any atom is -0.351 e. The quantitative estimate of drug-likeness (QED) is 0.612. The van der Waals surface area contributed by atoms with Gasteiger partial charge in [-0.2, -0.15) is 0 Å². The van der Waals surface area contributed by atoms with Gasteiger partial charge in [0.05, 0.1) is 6.04 Å². The minimum atomic E-state index is -0.449. The molecular weight excluding hydrogens is 346 g/mol. The normalized spacial score (nSPS) is 12.9. The second-order valence-electron chi connectivity index (χ2n) is 8.65. The van der Waals surface area contributed by atoms with Crippen LogP contribution in [0.5, 0.6) is 0 Å². The highest BCUT2D eigenvalue weighted by atomic mass is 16.2. The molecule has 0 aliphatic rings. The van der Waals surface area contributed by atoms with Crippen molar-refractivity contribution in [2.75, 3.05) is 19.6 Å². The topological polar surface area (TPSA) is 58.4 Å². The number of rotatable bonds is 11. The summed E-state index contributed by atoms with van der Waals surface area (Å²) in [6.45, 7) is 12.7. The van der Waals surface area contributed by atoms with Crippen molar-refractivity contribution in [2.45, 2.75) is 53.1 Å². The molecule has 4 nitrogen and oxygen atoms in total. The molecule has 3 N–H and O–H groups in total. The number of nitrogens with two attached hydrogens (primary N) is 1. The molecule has 1 amide bonds. The van der Waals surface area contributed by atoms with Crippen molar-refractivity contribution >= 4 is 16.7 Å². The van der Waals surface area contributed by atoms with E-state index < -0.39 is 6.04 Å². The second-order valence-corrected chi connectivity index (χ2v) is 8.65. The summed E-state index contributed by atoms with van der Waals surface area (Å²) in [4.78, 5) is 14.9. The number of carbonyl (C=O) groups excluding carboxylic acids is 1. The van der Waals surface area contributed by atoms with Gasteiger partial charge < -0.3 is 16.0 Å². The Labute approximate surface area is 170 Å². The molecule has 2 aromatic rings. The molecule has 154 valence electrons. The average Bonchev–Trinajstić information content (AvgIpc) is 2.64. The maximum Gasteiger partial charge on any atom is 0.237 e. The third-order valence-corrected chi connectivity index (χ3v) is 4.91. The van der Waals surface area contributed by atoms with Gasteiger partial charge >= 0.3 is 0 Å². The SMILES string of the molecule is CC(C)CN(CCC[C@H](N)C(=O)NCc1cccc2ccccc12)CC(C)C. The van der Waals surface area contributed by atoms with Crippen LogP contribution in [0, 0.1) is 11.8 Å². The third kappa shape index (κ3) is 7.25. The summed E-state index contributed by atoms with van der Waals surface area (Å²) >= 11 is 0. The van der Waals surface area contributed by atoms with E-state index in [9.17, 15) is 4.79 Å². The van der Waals surface area contributed by atoms with Gasteiger partial charge in [0.2, 0.25) is 5.91 Å². The lowest BCUT2D eigenvalue weighted by Crippen LogP contribution is -2.41. The van der Waals surface area contributed by atoms with E-state index in [0.29, 0.717) is 24.8 Å². The maximum absolute atomic E-state index is 12.4. The van der Waals surface area contributed by atoms with E-state index in [1.165, 1.54) is 10.8 Å². The van der Waals surface area contributed by atoms with Gasteiger partial charge in [-0.25, -0.2) is 0 Å². The first kappa shape index (κ1) is 22.4. The van der Waals surface area contributed by atoms with Crippen molar-refractivity contribution in [1.29, 1.82) is 0 Å². The molecule has 0 spiro atoms. The smallest absolute Gasteiger partial charge is 0.237 e. The monoisotopic (exact) mass is 383 g/mol.